The summed E-state index contributed by atoms with van der Waals surface area (Å²) in [5.74, 6) is 1.99. The quantitative estimate of drug-likeness (QED) is 0.825. The van der Waals surface area contributed by atoms with E-state index in [4.69, 9.17) is 0 Å². The third-order valence-corrected chi connectivity index (χ3v) is 4.13. The number of hydrogen-bond acceptors (Lipinski definition) is 3. The molecule has 1 aliphatic heterocycles. The fourth-order valence-corrected chi connectivity index (χ4v) is 3.22. The van der Waals surface area contributed by atoms with Gasteiger partial charge in [0.05, 0.1) is 5.69 Å². The van der Waals surface area contributed by atoms with Crippen LogP contribution in [0.1, 0.15) is 38.3 Å². The van der Waals surface area contributed by atoms with Crippen molar-refractivity contribution in [2.45, 2.75) is 45.1 Å². The van der Waals surface area contributed by atoms with Gasteiger partial charge in [-0.1, -0.05) is 19.8 Å². The molecule has 4 heteroatoms. The fourth-order valence-electron chi connectivity index (χ4n) is 3.22. The summed E-state index contributed by atoms with van der Waals surface area (Å²) in [5, 5.41) is 12.0. The number of nitrogens with zero attached hydrogens (tertiary/aromatic N) is 2. The highest BCUT2D eigenvalue weighted by Crippen LogP contribution is 2.36. The first kappa shape index (κ1) is 10.9. The fraction of sp³-hybridized carbons (Fsp3) is 0.769. The summed E-state index contributed by atoms with van der Waals surface area (Å²) in [4.78, 5) is 0. The summed E-state index contributed by atoms with van der Waals surface area (Å²) in [7, 11) is 2.04. The summed E-state index contributed by atoms with van der Waals surface area (Å²) in [6, 6.07) is 0.647. The maximum absolute atomic E-state index is 4.63. The number of rotatable bonds is 2. The average molecular weight is 234 g/mol. The minimum absolute atomic E-state index is 0.647. The van der Waals surface area contributed by atoms with Crippen molar-refractivity contribution in [2.75, 3.05) is 17.2 Å². The van der Waals surface area contributed by atoms with E-state index in [1.54, 1.807) is 0 Å². The van der Waals surface area contributed by atoms with Crippen molar-refractivity contribution >= 4 is 11.5 Å². The van der Waals surface area contributed by atoms with E-state index in [0.29, 0.717) is 6.04 Å². The Morgan fingerprint density at radius 3 is 3.12 bits per heavy atom. The molecule has 17 heavy (non-hydrogen) atoms. The smallest absolute Gasteiger partial charge is 0.148 e. The summed E-state index contributed by atoms with van der Waals surface area (Å²) < 4.78 is 2.01. The number of aromatic nitrogens is 2. The maximum atomic E-state index is 4.63. The van der Waals surface area contributed by atoms with Crippen LogP contribution < -0.4 is 10.6 Å². The van der Waals surface area contributed by atoms with Gasteiger partial charge in [0.2, 0.25) is 0 Å². The van der Waals surface area contributed by atoms with Crippen molar-refractivity contribution in [1.29, 1.82) is 0 Å². The van der Waals surface area contributed by atoms with E-state index in [0.717, 1.165) is 25.3 Å². The molecule has 1 aromatic rings. The molecule has 0 saturated heterocycles. The number of hydrogen-bond donors (Lipinski definition) is 2. The minimum Gasteiger partial charge on any atom is -0.380 e. The normalized spacial score (nSPS) is 26.7. The monoisotopic (exact) mass is 234 g/mol. The standard InChI is InChI=1S/C13H22N4/c1-3-5-11-12-13(17(2)16-11)15-10-7-4-6-9(10)8-14-12/h9-10,14-15H,3-8H2,1-2H3. The lowest BCUT2D eigenvalue weighted by Crippen LogP contribution is -2.26. The molecule has 1 aromatic heterocycles. The van der Waals surface area contributed by atoms with E-state index in [9.17, 15) is 0 Å². The van der Waals surface area contributed by atoms with Crippen molar-refractivity contribution in [3.05, 3.63) is 5.69 Å². The average Bonchev–Trinajstić information content (AvgIpc) is 2.80. The Bertz CT molecular complexity index is 410. The molecule has 0 spiro atoms. The van der Waals surface area contributed by atoms with Gasteiger partial charge in [0, 0.05) is 19.6 Å². The molecule has 94 valence electrons. The maximum Gasteiger partial charge on any atom is 0.148 e. The van der Waals surface area contributed by atoms with Crippen LogP contribution in [0.3, 0.4) is 0 Å². The highest BCUT2D eigenvalue weighted by molar-refractivity contribution is 5.69. The number of nitrogens with one attached hydrogen (secondary N) is 2. The molecule has 3 rings (SSSR count). The Balaban J connectivity index is 1.92. The largest absolute Gasteiger partial charge is 0.380 e. The molecule has 4 nitrogen and oxygen atoms in total. The van der Waals surface area contributed by atoms with Gasteiger partial charge in [-0.2, -0.15) is 5.10 Å². The Morgan fingerprint density at radius 2 is 2.29 bits per heavy atom. The third kappa shape index (κ3) is 1.79. The molecule has 2 atom stereocenters. The van der Waals surface area contributed by atoms with Crippen LogP contribution >= 0.6 is 0 Å². The van der Waals surface area contributed by atoms with Gasteiger partial charge in [0.25, 0.3) is 0 Å². The molecule has 0 bridgehead atoms. The molecule has 0 aromatic carbocycles. The van der Waals surface area contributed by atoms with Gasteiger partial charge in [-0.25, -0.2) is 0 Å². The van der Waals surface area contributed by atoms with Crippen molar-refractivity contribution < 1.29 is 0 Å². The van der Waals surface area contributed by atoms with Gasteiger partial charge >= 0.3 is 0 Å². The van der Waals surface area contributed by atoms with E-state index < -0.39 is 0 Å². The first-order chi connectivity index (χ1) is 8.29. The second kappa shape index (κ2) is 4.24. The molecule has 2 unspecified atom stereocenters. The van der Waals surface area contributed by atoms with Crippen LogP contribution in [-0.4, -0.2) is 22.4 Å². The van der Waals surface area contributed by atoms with Crippen LogP contribution in [-0.2, 0) is 13.5 Å². The van der Waals surface area contributed by atoms with Crippen LogP contribution in [0.2, 0.25) is 0 Å². The second-order valence-corrected chi connectivity index (χ2v) is 5.37. The Kier molecular flexibility index (Phi) is 2.73. The SMILES string of the molecule is CCCc1nn(C)c2c1NCC1CCCC1N2. The molecular formula is C13H22N4. The number of anilines is 2. The van der Waals surface area contributed by atoms with Crippen molar-refractivity contribution in [1.82, 2.24) is 9.78 Å². The molecule has 0 radical (unpaired) electrons. The van der Waals surface area contributed by atoms with Gasteiger partial charge in [-0.3, -0.25) is 4.68 Å². The van der Waals surface area contributed by atoms with Crippen LogP contribution in [0, 0.1) is 5.92 Å². The van der Waals surface area contributed by atoms with Crippen LogP contribution in [0.25, 0.3) is 0 Å². The molecule has 0 amide bonds. The predicted molar refractivity (Wildman–Crippen MR) is 70.4 cm³/mol. The zero-order chi connectivity index (χ0) is 11.8. The zero-order valence-corrected chi connectivity index (χ0v) is 10.8. The molecule has 2 aliphatic rings. The lowest BCUT2D eigenvalue weighted by molar-refractivity contribution is 0.532. The lowest BCUT2D eigenvalue weighted by atomic mass is 10.0. The van der Waals surface area contributed by atoms with E-state index in [-0.39, 0.29) is 0 Å². The van der Waals surface area contributed by atoms with Gasteiger partial charge in [0.15, 0.2) is 0 Å². The third-order valence-electron chi connectivity index (χ3n) is 4.13. The van der Waals surface area contributed by atoms with Gasteiger partial charge in [-0.15, -0.1) is 0 Å². The number of fused-ring (bicyclic) bond motifs is 2. The van der Waals surface area contributed by atoms with E-state index in [2.05, 4.69) is 22.7 Å². The first-order valence-corrected chi connectivity index (χ1v) is 6.86. The Labute approximate surface area is 103 Å². The molecule has 1 fully saturated rings. The van der Waals surface area contributed by atoms with E-state index >= 15 is 0 Å². The number of aryl methyl sites for hydroxylation is 2. The highest BCUT2D eigenvalue weighted by atomic mass is 15.3. The first-order valence-electron chi connectivity index (χ1n) is 6.86. The van der Waals surface area contributed by atoms with Crippen LogP contribution in [0.4, 0.5) is 11.5 Å². The molecule has 2 N–H and O–H groups in total. The van der Waals surface area contributed by atoms with Crippen LogP contribution in [0.5, 0.6) is 0 Å². The van der Waals surface area contributed by atoms with Crippen LogP contribution in [0.15, 0.2) is 0 Å². The van der Waals surface area contributed by atoms with Gasteiger partial charge < -0.3 is 10.6 Å². The topological polar surface area (TPSA) is 41.9 Å². The molecule has 1 saturated carbocycles. The summed E-state index contributed by atoms with van der Waals surface area (Å²) in [5.41, 5.74) is 2.47. The predicted octanol–water partition coefficient (Wildman–Crippen LogP) is 2.38. The molecule has 1 aliphatic carbocycles. The highest BCUT2D eigenvalue weighted by Gasteiger charge is 2.32. The minimum atomic E-state index is 0.647. The summed E-state index contributed by atoms with van der Waals surface area (Å²) in [6.45, 7) is 3.31. The Morgan fingerprint density at radius 1 is 1.41 bits per heavy atom. The summed E-state index contributed by atoms with van der Waals surface area (Å²) >= 11 is 0. The molecular weight excluding hydrogens is 212 g/mol. The zero-order valence-electron chi connectivity index (χ0n) is 10.8. The van der Waals surface area contributed by atoms with Crippen molar-refractivity contribution in [3.63, 3.8) is 0 Å². The summed E-state index contributed by atoms with van der Waals surface area (Å²) in [6.07, 6.45) is 6.24. The van der Waals surface area contributed by atoms with E-state index in [1.165, 1.54) is 36.5 Å². The van der Waals surface area contributed by atoms with Crippen molar-refractivity contribution in [3.8, 4) is 0 Å². The Hall–Kier alpha value is -1.19. The molecule has 2 heterocycles. The second-order valence-electron chi connectivity index (χ2n) is 5.37. The van der Waals surface area contributed by atoms with Gasteiger partial charge in [0.1, 0.15) is 11.5 Å². The van der Waals surface area contributed by atoms with Crippen molar-refractivity contribution in [2.24, 2.45) is 13.0 Å². The lowest BCUT2D eigenvalue weighted by Gasteiger charge is -2.17. The van der Waals surface area contributed by atoms with Gasteiger partial charge in [-0.05, 0) is 25.2 Å². The van der Waals surface area contributed by atoms with E-state index in [1.807, 2.05) is 11.7 Å².